The summed E-state index contributed by atoms with van der Waals surface area (Å²) in [6.07, 6.45) is -0.842. The number of aryl methyl sites for hydroxylation is 1. The molecule has 1 fully saturated rings. The Balaban J connectivity index is 2.33. The van der Waals surface area contributed by atoms with Crippen LogP contribution in [-0.2, 0) is 4.79 Å². The molecule has 1 amide bonds. The van der Waals surface area contributed by atoms with Crippen LogP contribution in [0.2, 0.25) is 0 Å². The molecule has 0 spiro atoms. The number of carbonyl (C=O) groups excluding carboxylic acids is 1. The molecule has 1 aliphatic rings. The highest BCUT2D eigenvalue weighted by Crippen LogP contribution is 2.27. The first-order valence-corrected chi connectivity index (χ1v) is 5.92. The van der Waals surface area contributed by atoms with Gasteiger partial charge in [0.05, 0.1) is 11.7 Å². The van der Waals surface area contributed by atoms with E-state index in [0.29, 0.717) is 5.56 Å². The highest BCUT2D eigenvalue weighted by molar-refractivity contribution is 5.99. The molecule has 102 valence electrons. The zero-order valence-electron chi connectivity index (χ0n) is 10.4. The van der Waals surface area contributed by atoms with Crippen molar-refractivity contribution < 1.29 is 24.9 Å². The summed E-state index contributed by atoms with van der Waals surface area (Å²) in [6, 6.07) is 3.65. The SMILES string of the molecule is Cc1cccc(C(=O)N2CC(O)CC2C(=O)O)c1O. The third-order valence-electron chi connectivity index (χ3n) is 3.29. The monoisotopic (exact) mass is 265 g/mol. The van der Waals surface area contributed by atoms with E-state index in [0.717, 1.165) is 4.90 Å². The van der Waals surface area contributed by atoms with Crippen molar-refractivity contribution in [2.24, 2.45) is 0 Å². The molecule has 0 radical (unpaired) electrons. The summed E-state index contributed by atoms with van der Waals surface area (Å²) in [6.45, 7) is 1.61. The average molecular weight is 265 g/mol. The lowest BCUT2D eigenvalue weighted by molar-refractivity contribution is -0.141. The number of likely N-dealkylation sites (tertiary alicyclic amines) is 1. The number of phenolic OH excluding ortho intramolecular Hbond substituents is 1. The molecular formula is C13H15NO5. The van der Waals surface area contributed by atoms with Gasteiger partial charge in [-0.25, -0.2) is 4.79 Å². The molecule has 6 heteroatoms. The molecule has 1 aromatic rings. The number of phenols is 1. The second kappa shape index (κ2) is 4.89. The fraction of sp³-hybridized carbons (Fsp3) is 0.385. The third kappa shape index (κ3) is 2.39. The fourth-order valence-corrected chi connectivity index (χ4v) is 2.26. The van der Waals surface area contributed by atoms with E-state index in [9.17, 15) is 19.8 Å². The largest absolute Gasteiger partial charge is 0.507 e. The van der Waals surface area contributed by atoms with Crippen molar-refractivity contribution in [1.82, 2.24) is 4.90 Å². The van der Waals surface area contributed by atoms with Crippen molar-refractivity contribution in [3.63, 3.8) is 0 Å². The number of carbonyl (C=O) groups is 2. The number of carboxylic acid groups (broad SMARTS) is 1. The van der Waals surface area contributed by atoms with E-state index in [-0.39, 0.29) is 24.3 Å². The number of para-hydroxylation sites is 1. The van der Waals surface area contributed by atoms with Crippen molar-refractivity contribution in [1.29, 1.82) is 0 Å². The highest BCUT2D eigenvalue weighted by atomic mass is 16.4. The Morgan fingerprint density at radius 1 is 1.37 bits per heavy atom. The van der Waals surface area contributed by atoms with Crippen LogP contribution >= 0.6 is 0 Å². The second-order valence-electron chi connectivity index (χ2n) is 4.67. The van der Waals surface area contributed by atoms with Crippen LogP contribution in [0.3, 0.4) is 0 Å². The molecule has 1 heterocycles. The third-order valence-corrected chi connectivity index (χ3v) is 3.29. The molecule has 19 heavy (non-hydrogen) atoms. The van der Waals surface area contributed by atoms with Crippen LogP contribution in [0.15, 0.2) is 18.2 Å². The van der Waals surface area contributed by atoms with Crippen LogP contribution in [0.1, 0.15) is 22.3 Å². The summed E-state index contributed by atoms with van der Waals surface area (Å²) in [7, 11) is 0. The molecule has 0 aromatic heterocycles. The predicted octanol–water partition coefficient (Wildman–Crippen LogP) is 0.361. The highest BCUT2D eigenvalue weighted by Gasteiger charge is 2.39. The van der Waals surface area contributed by atoms with E-state index in [1.807, 2.05) is 0 Å². The fourth-order valence-electron chi connectivity index (χ4n) is 2.26. The van der Waals surface area contributed by atoms with E-state index in [1.54, 1.807) is 19.1 Å². The Labute approximate surface area is 109 Å². The average Bonchev–Trinajstić information content (AvgIpc) is 2.74. The van der Waals surface area contributed by atoms with E-state index in [1.165, 1.54) is 6.07 Å². The zero-order chi connectivity index (χ0) is 14.2. The molecule has 0 aliphatic carbocycles. The summed E-state index contributed by atoms with van der Waals surface area (Å²) in [4.78, 5) is 24.4. The van der Waals surface area contributed by atoms with Gasteiger partial charge in [0.25, 0.3) is 5.91 Å². The minimum atomic E-state index is -1.16. The number of hydrogen-bond acceptors (Lipinski definition) is 4. The number of β-amino-alcohol motifs (C(OH)–C–C–N with tert-alkyl or cyclic N) is 1. The molecule has 1 aliphatic heterocycles. The van der Waals surface area contributed by atoms with Crippen molar-refractivity contribution in [2.75, 3.05) is 6.54 Å². The summed E-state index contributed by atoms with van der Waals surface area (Å²) >= 11 is 0. The van der Waals surface area contributed by atoms with E-state index in [4.69, 9.17) is 5.11 Å². The number of benzene rings is 1. The molecular weight excluding hydrogens is 250 g/mol. The number of aliphatic carboxylic acids is 1. The predicted molar refractivity (Wildman–Crippen MR) is 65.9 cm³/mol. The first-order chi connectivity index (χ1) is 8.91. The summed E-state index contributed by atoms with van der Waals surface area (Å²) < 4.78 is 0. The molecule has 0 bridgehead atoms. The number of aliphatic hydroxyl groups is 1. The molecule has 2 unspecified atom stereocenters. The van der Waals surface area contributed by atoms with Crippen LogP contribution in [0.25, 0.3) is 0 Å². The first-order valence-electron chi connectivity index (χ1n) is 5.92. The number of amides is 1. The maximum atomic E-state index is 12.3. The number of aromatic hydroxyl groups is 1. The summed E-state index contributed by atoms with van der Waals surface area (Å²) in [5.74, 6) is -1.89. The number of carboxylic acids is 1. The van der Waals surface area contributed by atoms with Crippen LogP contribution in [0.4, 0.5) is 0 Å². The van der Waals surface area contributed by atoms with Gasteiger partial charge in [0, 0.05) is 13.0 Å². The minimum Gasteiger partial charge on any atom is -0.507 e. The molecule has 3 N–H and O–H groups in total. The molecule has 2 rings (SSSR count). The second-order valence-corrected chi connectivity index (χ2v) is 4.67. The Morgan fingerprint density at radius 2 is 2.05 bits per heavy atom. The summed E-state index contributed by atoms with van der Waals surface area (Å²) in [5.41, 5.74) is 0.595. The van der Waals surface area contributed by atoms with Gasteiger partial charge in [0.1, 0.15) is 11.8 Å². The number of hydrogen-bond donors (Lipinski definition) is 3. The van der Waals surface area contributed by atoms with Gasteiger partial charge in [-0.05, 0) is 18.6 Å². The Morgan fingerprint density at radius 3 is 2.68 bits per heavy atom. The quantitative estimate of drug-likeness (QED) is 0.717. The van der Waals surface area contributed by atoms with E-state index < -0.39 is 24.0 Å². The topological polar surface area (TPSA) is 98.1 Å². The van der Waals surface area contributed by atoms with Crippen molar-refractivity contribution in [3.8, 4) is 5.75 Å². The van der Waals surface area contributed by atoms with Gasteiger partial charge in [-0.2, -0.15) is 0 Å². The minimum absolute atomic E-state index is 0.00759. The molecule has 0 saturated carbocycles. The number of rotatable bonds is 2. The lowest BCUT2D eigenvalue weighted by Gasteiger charge is -2.21. The Kier molecular flexibility index (Phi) is 3.44. The lowest BCUT2D eigenvalue weighted by Crippen LogP contribution is -2.40. The van der Waals surface area contributed by atoms with Crippen LogP contribution < -0.4 is 0 Å². The standard InChI is InChI=1S/C13H15NO5/c1-7-3-2-4-9(11(7)16)12(17)14-6-8(15)5-10(14)13(18)19/h2-4,8,10,15-16H,5-6H2,1H3,(H,18,19). The van der Waals surface area contributed by atoms with Gasteiger partial charge < -0.3 is 20.2 Å². The van der Waals surface area contributed by atoms with Crippen molar-refractivity contribution in [2.45, 2.75) is 25.5 Å². The normalized spacial score (nSPS) is 22.5. The molecule has 6 nitrogen and oxygen atoms in total. The maximum absolute atomic E-state index is 12.3. The molecule has 1 aromatic carbocycles. The van der Waals surface area contributed by atoms with Crippen molar-refractivity contribution >= 4 is 11.9 Å². The smallest absolute Gasteiger partial charge is 0.326 e. The van der Waals surface area contributed by atoms with Crippen LogP contribution in [0, 0.1) is 6.92 Å². The number of nitrogens with zero attached hydrogens (tertiary/aromatic N) is 1. The van der Waals surface area contributed by atoms with Gasteiger partial charge in [-0.15, -0.1) is 0 Å². The van der Waals surface area contributed by atoms with E-state index in [2.05, 4.69) is 0 Å². The van der Waals surface area contributed by atoms with Crippen molar-refractivity contribution in [3.05, 3.63) is 29.3 Å². The van der Waals surface area contributed by atoms with E-state index >= 15 is 0 Å². The van der Waals surface area contributed by atoms with Gasteiger partial charge in [-0.3, -0.25) is 4.79 Å². The van der Waals surface area contributed by atoms with Gasteiger partial charge in [0.2, 0.25) is 0 Å². The number of aliphatic hydroxyl groups excluding tert-OH is 1. The molecule has 2 atom stereocenters. The maximum Gasteiger partial charge on any atom is 0.326 e. The van der Waals surface area contributed by atoms with Crippen LogP contribution in [-0.4, -0.2) is 50.8 Å². The summed E-state index contributed by atoms with van der Waals surface area (Å²) in [5, 5.41) is 28.4. The molecule has 1 saturated heterocycles. The zero-order valence-corrected chi connectivity index (χ0v) is 10.4. The van der Waals surface area contributed by atoms with Crippen LogP contribution in [0.5, 0.6) is 5.75 Å². The Bertz CT molecular complexity index is 528. The first kappa shape index (κ1) is 13.4. The Hall–Kier alpha value is -2.08. The van der Waals surface area contributed by atoms with Gasteiger partial charge in [0.15, 0.2) is 0 Å². The van der Waals surface area contributed by atoms with Gasteiger partial charge >= 0.3 is 5.97 Å². The van der Waals surface area contributed by atoms with Gasteiger partial charge in [-0.1, -0.05) is 12.1 Å². The lowest BCUT2D eigenvalue weighted by atomic mass is 10.1.